The standard InChI is InChI=1S/C24H29NO11/c1-3-14-15(7-6-13-5-4-8-25(9-13)12(2)21(30)31)16(22(32)33)11-34-23(14)36-24-20(29)19(28)18(27)17(10-26)35-24/h3-9,11-12,14-15,17-20,23-24,26-29H,1,10H2,2H3,(H-,30,31,32,33)/b7-6+/t12?,14?,15?,17-,18-,19+,20-,23?,24+/m1/s1. The molecular formula is C24H29NO11. The predicted octanol–water partition coefficient (Wildman–Crippen LogP) is -2.14. The smallest absolute Gasteiger partial charge is 0.335 e. The number of carboxylic acids is 2. The summed E-state index contributed by atoms with van der Waals surface area (Å²) in [6.07, 6.45) is -0.133. The van der Waals surface area contributed by atoms with Crippen molar-refractivity contribution in [2.24, 2.45) is 11.8 Å². The molecule has 5 N–H and O–H groups in total. The van der Waals surface area contributed by atoms with Gasteiger partial charge in [0.05, 0.1) is 24.4 Å². The Balaban J connectivity index is 1.86. The zero-order valence-electron chi connectivity index (χ0n) is 19.4. The lowest BCUT2D eigenvalue weighted by atomic mass is 9.83. The molecule has 0 radical (unpaired) electrons. The number of hydrogen-bond acceptors (Lipinski definition) is 10. The number of pyridine rings is 1. The van der Waals surface area contributed by atoms with E-state index in [1.54, 1.807) is 36.7 Å². The normalized spacial score (nSPS) is 33.4. The molecule has 0 bridgehead atoms. The number of aliphatic hydroxyl groups is 4. The number of aliphatic hydroxyl groups excluding tert-OH is 4. The van der Waals surface area contributed by atoms with Crippen LogP contribution in [0.2, 0.25) is 0 Å². The third-order valence-corrected chi connectivity index (χ3v) is 6.18. The molecule has 2 aliphatic rings. The highest BCUT2D eigenvalue weighted by Crippen LogP contribution is 2.36. The molecule has 1 aromatic heterocycles. The molecule has 1 saturated heterocycles. The van der Waals surface area contributed by atoms with Gasteiger partial charge in [0, 0.05) is 24.5 Å². The van der Waals surface area contributed by atoms with Gasteiger partial charge in [0.25, 0.3) is 0 Å². The summed E-state index contributed by atoms with van der Waals surface area (Å²) in [7, 11) is 0. The number of allylic oxidation sites excluding steroid dienone is 1. The van der Waals surface area contributed by atoms with Gasteiger partial charge in [-0.1, -0.05) is 18.2 Å². The number of aliphatic carboxylic acids is 2. The summed E-state index contributed by atoms with van der Waals surface area (Å²) in [6, 6.07) is 2.41. The van der Waals surface area contributed by atoms with Gasteiger partial charge in [-0.15, -0.1) is 6.58 Å². The molecule has 36 heavy (non-hydrogen) atoms. The number of carboxylic acid groups (broad SMARTS) is 2. The van der Waals surface area contributed by atoms with Gasteiger partial charge in [-0.2, -0.15) is 4.57 Å². The minimum Gasteiger partial charge on any atom is -0.543 e. The van der Waals surface area contributed by atoms with Crippen molar-refractivity contribution in [2.45, 2.75) is 50.0 Å². The molecule has 1 aromatic rings. The van der Waals surface area contributed by atoms with Crippen molar-refractivity contribution in [1.82, 2.24) is 0 Å². The van der Waals surface area contributed by atoms with Gasteiger partial charge in [0.1, 0.15) is 30.4 Å². The van der Waals surface area contributed by atoms with Crippen LogP contribution >= 0.6 is 0 Å². The zero-order valence-corrected chi connectivity index (χ0v) is 19.4. The van der Waals surface area contributed by atoms with Gasteiger partial charge in [-0.25, -0.2) is 4.79 Å². The van der Waals surface area contributed by atoms with Crippen LogP contribution in [0.5, 0.6) is 0 Å². The van der Waals surface area contributed by atoms with Crippen molar-refractivity contribution in [3.05, 3.63) is 60.7 Å². The van der Waals surface area contributed by atoms with E-state index in [1.807, 2.05) is 0 Å². The van der Waals surface area contributed by atoms with E-state index in [2.05, 4.69) is 6.58 Å². The second kappa shape index (κ2) is 11.7. The Hall–Kier alpha value is -3.13. The summed E-state index contributed by atoms with van der Waals surface area (Å²) in [6.45, 7) is 4.55. The molecule has 196 valence electrons. The first-order valence-corrected chi connectivity index (χ1v) is 11.2. The fourth-order valence-corrected chi connectivity index (χ4v) is 3.99. The highest BCUT2D eigenvalue weighted by atomic mass is 16.8. The van der Waals surface area contributed by atoms with E-state index < -0.39 is 73.4 Å². The van der Waals surface area contributed by atoms with Gasteiger partial charge in [0.15, 0.2) is 24.7 Å². The number of nitrogens with zero attached hydrogens (tertiary/aromatic N) is 1. The van der Waals surface area contributed by atoms with E-state index in [-0.39, 0.29) is 5.57 Å². The van der Waals surface area contributed by atoms with Crippen LogP contribution in [-0.2, 0) is 23.8 Å². The molecule has 0 amide bonds. The van der Waals surface area contributed by atoms with Crippen LogP contribution in [-0.4, -0.2) is 81.1 Å². The third-order valence-electron chi connectivity index (χ3n) is 6.18. The number of aromatic nitrogens is 1. The molecule has 12 nitrogen and oxygen atoms in total. The van der Waals surface area contributed by atoms with E-state index >= 15 is 0 Å². The summed E-state index contributed by atoms with van der Waals surface area (Å²) in [5.74, 6) is -4.14. The summed E-state index contributed by atoms with van der Waals surface area (Å²) >= 11 is 0. The highest BCUT2D eigenvalue weighted by Gasteiger charge is 2.47. The minimum absolute atomic E-state index is 0.114. The van der Waals surface area contributed by atoms with Crippen LogP contribution in [0.4, 0.5) is 0 Å². The summed E-state index contributed by atoms with van der Waals surface area (Å²) < 4.78 is 17.9. The quantitative estimate of drug-likeness (QED) is 0.181. The monoisotopic (exact) mass is 507 g/mol. The molecule has 0 aliphatic carbocycles. The summed E-state index contributed by atoms with van der Waals surface area (Å²) in [4.78, 5) is 23.1. The number of ether oxygens (including phenoxy) is 3. The highest BCUT2D eigenvalue weighted by molar-refractivity contribution is 5.88. The van der Waals surface area contributed by atoms with Gasteiger partial charge < -0.3 is 49.6 Å². The maximum Gasteiger partial charge on any atom is 0.335 e. The van der Waals surface area contributed by atoms with Gasteiger partial charge >= 0.3 is 5.97 Å². The molecule has 0 spiro atoms. The van der Waals surface area contributed by atoms with Gasteiger partial charge in [-0.3, -0.25) is 0 Å². The van der Waals surface area contributed by atoms with Crippen LogP contribution in [0, 0.1) is 11.8 Å². The molecule has 3 heterocycles. The average Bonchev–Trinajstić information content (AvgIpc) is 2.86. The Morgan fingerprint density at radius 3 is 2.58 bits per heavy atom. The lowest BCUT2D eigenvalue weighted by Crippen LogP contribution is -2.60. The van der Waals surface area contributed by atoms with Crippen molar-refractivity contribution in [2.75, 3.05) is 6.61 Å². The number of carbonyl (C=O) groups is 2. The Morgan fingerprint density at radius 1 is 1.25 bits per heavy atom. The summed E-state index contributed by atoms with van der Waals surface area (Å²) in [5, 5.41) is 60.5. The molecule has 0 saturated carbocycles. The second-order valence-corrected chi connectivity index (χ2v) is 8.49. The lowest BCUT2D eigenvalue weighted by molar-refractivity contribution is -0.712. The Kier molecular flexibility index (Phi) is 8.95. The summed E-state index contributed by atoms with van der Waals surface area (Å²) in [5.41, 5.74) is 0.466. The molecule has 12 heteroatoms. The van der Waals surface area contributed by atoms with Crippen molar-refractivity contribution in [1.29, 1.82) is 0 Å². The predicted molar refractivity (Wildman–Crippen MR) is 118 cm³/mol. The zero-order chi connectivity index (χ0) is 26.6. The van der Waals surface area contributed by atoms with Crippen molar-refractivity contribution >= 4 is 18.0 Å². The molecular weight excluding hydrogens is 478 g/mol. The van der Waals surface area contributed by atoms with E-state index in [0.29, 0.717) is 5.56 Å². The maximum atomic E-state index is 11.9. The minimum atomic E-state index is -1.68. The van der Waals surface area contributed by atoms with Gasteiger partial charge in [0.2, 0.25) is 6.29 Å². The molecule has 4 unspecified atom stereocenters. The first-order chi connectivity index (χ1) is 17.1. The molecule has 0 aromatic carbocycles. The maximum absolute atomic E-state index is 11.9. The number of hydrogen-bond donors (Lipinski definition) is 5. The second-order valence-electron chi connectivity index (χ2n) is 8.49. The fraction of sp³-hybridized carbons (Fsp3) is 0.458. The number of carbonyl (C=O) groups excluding carboxylic acids is 1. The van der Waals surface area contributed by atoms with Crippen molar-refractivity contribution < 1.29 is 59.0 Å². The SMILES string of the molecule is C=CC1C(O[C@@H]2O[C@H](CO)[C@@H](O)[C@H](O)[C@H]2O)OC=C(C(=O)O)C1/C=C/c1ccc[n+](C(C)C(=O)[O-])c1. The van der Waals surface area contributed by atoms with E-state index in [1.165, 1.54) is 17.6 Å². The van der Waals surface area contributed by atoms with Crippen LogP contribution in [0.25, 0.3) is 6.08 Å². The fourth-order valence-electron chi connectivity index (χ4n) is 3.99. The van der Waals surface area contributed by atoms with Crippen LogP contribution in [0.1, 0.15) is 18.5 Å². The first-order valence-electron chi connectivity index (χ1n) is 11.2. The number of rotatable bonds is 9. The van der Waals surface area contributed by atoms with Crippen LogP contribution in [0.3, 0.4) is 0 Å². The Bertz CT molecular complexity index is 1020. The third kappa shape index (κ3) is 5.81. The lowest BCUT2D eigenvalue weighted by Gasteiger charge is -2.42. The van der Waals surface area contributed by atoms with Crippen LogP contribution in [0.15, 0.2) is 55.1 Å². The Labute approximate surface area is 206 Å². The molecule has 2 aliphatic heterocycles. The first kappa shape index (κ1) is 27.5. The van der Waals surface area contributed by atoms with Gasteiger partial charge in [-0.05, 0) is 6.07 Å². The Morgan fingerprint density at radius 2 is 1.97 bits per heavy atom. The molecule has 9 atom stereocenters. The molecule has 3 rings (SSSR count). The largest absolute Gasteiger partial charge is 0.543 e. The van der Waals surface area contributed by atoms with Crippen molar-refractivity contribution in [3.63, 3.8) is 0 Å². The van der Waals surface area contributed by atoms with Crippen molar-refractivity contribution in [3.8, 4) is 0 Å². The topological polar surface area (TPSA) is 190 Å². The average molecular weight is 507 g/mol. The van der Waals surface area contributed by atoms with E-state index in [4.69, 9.17) is 14.2 Å². The van der Waals surface area contributed by atoms with E-state index in [0.717, 1.165) is 6.26 Å². The van der Waals surface area contributed by atoms with E-state index in [9.17, 15) is 40.2 Å². The van der Waals surface area contributed by atoms with Crippen LogP contribution < -0.4 is 9.67 Å². The molecule has 1 fully saturated rings.